The Hall–Kier alpha value is -2.37. The molecular formula is C18H26N2O4. The molecule has 2 N–H and O–H groups in total. The Bertz CT molecular complexity index is 557. The number of carbonyl (C=O) groups is 3. The Morgan fingerprint density at radius 3 is 2.17 bits per heavy atom. The number of hydrogen-bond donors (Lipinski definition) is 2. The number of benzene rings is 1. The molecule has 2 amide bonds. The van der Waals surface area contributed by atoms with Crippen molar-refractivity contribution >= 4 is 17.8 Å². The SMILES string of the molecule is COC(=O)[C@H](Cc1ccccc1)NC(=O)C(CC(C)C)NC(C)=O. The number of rotatable bonds is 8. The molecule has 1 aromatic rings. The molecule has 0 aliphatic heterocycles. The van der Waals surface area contributed by atoms with Crippen molar-refractivity contribution in [1.82, 2.24) is 10.6 Å². The van der Waals surface area contributed by atoms with Crippen LogP contribution in [0.25, 0.3) is 0 Å². The standard InChI is InChI=1S/C18H26N2O4/c1-12(2)10-15(19-13(3)21)17(22)20-16(18(23)24-4)11-14-8-6-5-7-9-14/h5-9,12,15-16H,10-11H2,1-4H3,(H,19,21)(H,20,22)/t15?,16-/m0/s1. The molecule has 0 saturated carbocycles. The fraction of sp³-hybridized carbons (Fsp3) is 0.500. The molecular weight excluding hydrogens is 308 g/mol. The average molecular weight is 334 g/mol. The van der Waals surface area contributed by atoms with Gasteiger partial charge in [-0.15, -0.1) is 0 Å². The molecule has 1 unspecified atom stereocenters. The van der Waals surface area contributed by atoms with Gasteiger partial charge in [0.2, 0.25) is 11.8 Å². The van der Waals surface area contributed by atoms with E-state index < -0.39 is 18.1 Å². The lowest BCUT2D eigenvalue weighted by Crippen LogP contribution is -2.52. The van der Waals surface area contributed by atoms with E-state index in [1.165, 1.54) is 14.0 Å². The largest absolute Gasteiger partial charge is 0.467 e. The van der Waals surface area contributed by atoms with Crippen LogP contribution in [0.15, 0.2) is 30.3 Å². The van der Waals surface area contributed by atoms with Crippen molar-refractivity contribution in [1.29, 1.82) is 0 Å². The van der Waals surface area contributed by atoms with Gasteiger partial charge in [0.05, 0.1) is 7.11 Å². The normalized spacial score (nSPS) is 13.0. The second-order valence-electron chi connectivity index (χ2n) is 6.16. The minimum absolute atomic E-state index is 0.221. The van der Waals surface area contributed by atoms with Crippen molar-refractivity contribution in [3.63, 3.8) is 0 Å². The summed E-state index contributed by atoms with van der Waals surface area (Å²) in [7, 11) is 1.28. The lowest BCUT2D eigenvalue weighted by atomic mass is 10.0. The number of methoxy groups -OCH3 is 1. The minimum atomic E-state index is -0.798. The van der Waals surface area contributed by atoms with Crippen LogP contribution in [0.4, 0.5) is 0 Å². The monoisotopic (exact) mass is 334 g/mol. The Morgan fingerprint density at radius 2 is 1.67 bits per heavy atom. The number of amides is 2. The summed E-state index contributed by atoms with van der Waals surface area (Å²) in [6.45, 7) is 5.29. The molecule has 0 aliphatic rings. The molecule has 0 heterocycles. The first-order valence-electron chi connectivity index (χ1n) is 8.02. The first-order chi connectivity index (χ1) is 11.3. The molecule has 6 heteroatoms. The highest BCUT2D eigenvalue weighted by molar-refractivity contribution is 5.90. The molecule has 0 fully saturated rings. The number of nitrogens with one attached hydrogen (secondary N) is 2. The van der Waals surface area contributed by atoms with Crippen LogP contribution >= 0.6 is 0 Å². The number of esters is 1. The Labute approximate surface area is 143 Å². The molecule has 0 radical (unpaired) electrons. The van der Waals surface area contributed by atoms with Gasteiger partial charge in [0.25, 0.3) is 0 Å². The lowest BCUT2D eigenvalue weighted by Gasteiger charge is -2.23. The van der Waals surface area contributed by atoms with E-state index in [0.717, 1.165) is 5.56 Å². The third-order valence-electron chi connectivity index (χ3n) is 3.49. The van der Waals surface area contributed by atoms with E-state index in [0.29, 0.717) is 12.8 Å². The molecule has 1 aromatic carbocycles. The Morgan fingerprint density at radius 1 is 1.04 bits per heavy atom. The smallest absolute Gasteiger partial charge is 0.328 e. The molecule has 0 saturated heterocycles. The van der Waals surface area contributed by atoms with Gasteiger partial charge in [-0.1, -0.05) is 44.2 Å². The van der Waals surface area contributed by atoms with E-state index in [2.05, 4.69) is 10.6 Å². The number of carbonyl (C=O) groups excluding carboxylic acids is 3. The second-order valence-corrected chi connectivity index (χ2v) is 6.16. The lowest BCUT2D eigenvalue weighted by molar-refractivity contribution is -0.145. The van der Waals surface area contributed by atoms with Gasteiger partial charge in [-0.05, 0) is 17.9 Å². The van der Waals surface area contributed by atoms with Crippen LogP contribution in [0, 0.1) is 5.92 Å². The molecule has 24 heavy (non-hydrogen) atoms. The summed E-state index contributed by atoms with van der Waals surface area (Å²) in [5, 5.41) is 5.33. The second kappa shape index (κ2) is 9.70. The van der Waals surface area contributed by atoms with Gasteiger partial charge in [0, 0.05) is 13.3 Å². The van der Waals surface area contributed by atoms with Gasteiger partial charge in [0.1, 0.15) is 12.1 Å². The maximum absolute atomic E-state index is 12.5. The quantitative estimate of drug-likeness (QED) is 0.705. The first-order valence-corrected chi connectivity index (χ1v) is 8.02. The van der Waals surface area contributed by atoms with Crippen LogP contribution in [-0.4, -0.2) is 37.0 Å². The Kier molecular flexibility index (Phi) is 7.95. The summed E-state index contributed by atoms with van der Waals surface area (Å²) in [6, 6.07) is 7.89. The van der Waals surface area contributed by atoms with E-state index in [9.17, 15) is 14.4 Å². The van der Waals surface area contributed by atoms with Gasteiger partial charge < -0.3 is 15.4 Å². The van der Waals surface area contributed by atoms with E-state index in [-0.39, 0.29) is 17.7 Å². The predicted molar refractivity (Wildman–Crippen MR) is 91.2 cm³/mol. The van der Waals surface area contributed by atoms with Crippen LogP contribution in [0.2, 0.25) is 0 Å². The first kappa shape index (κ1) is 19.7. The molecule has 2 atom stereocenters. The van der Waals surface area contributed by atoms with E-state index >= 15 is 0 Å². The molecule has 0 spiro atoms. The van der Waals surface area contributed by atoms with E-state index in [4.69, 9.17) is 4.74 Å². The molecule has 6 nitrogen and oxygen atoms in total. The van der Waals surface area contributed by atoms with Gasteiger partial charge in [-0.25, -0.2) is 4.79 Å². The highest BCUT2D eigenvalue weighted by atomic mass is 16.5. The van der Waals surface area contributed by atoms with E-state index in [1.807, 2.05) is 44.2 Å². The Balaban J connectivity index is 2.84. The highest BCUT2D eigenvalue weighted by Crippen LogP contribution is 2.08. The highest BCUT2D eigenvalue weighted by Gasteiger charge is 2.27. The topological polar surface area (TPSA) is 84.5 Å². The third-order valence-corrected chi connectivity index (χ3v) is 3.49. The summed E-state index contributed by atoms with van der Waals surface area (Å²) < 4.78 is 4.79. The third kappa shape index (κ3) is 6.81. The summed E-state index contributed by atoms with van der Waals surface area (Å²) in [6.07, 6.45) is 0.818. The maximum Gasteiger partial charge on any atom is 0.328 e. The van der Waals surface area contributed by atoms with Crippen molar-refractivity contribution in [2.75, 3.05) is 7.11 Å². The summed E-state index contributed by atoms with van der Waals surface area (Å²) in [5.74, 6) is -0.963. The summed E-state index contributed by atoms with van der Waals surface area (Å²) in [4.78, 5) is 35.8. The molecule has 132 valence electrons. The van der Waals surface area contributed by atoms with Crippen molar-refractivity contribution in [2.45, 2.75) is 45.7 Å². The molecule has 0 bridgehead atoms. The van der Waals surface area contributed by atoms with E-state index in [1.54, 1.807) is 0 Å². The zero-order valence-corrected chi connectivity index (χ0v) is 14.7. The van der Waals surface area contributed by atoms with Crippen LogP contribution in [0.3, 0.4) is 0 Å². The van der Waals surface area contributed by atoms with Gasteiger partial charge >= 0.3 is 5.97 Å². The maximum atomic E-state index is 12.5. The van der Waals surface area contributed by atoms with Gasteiger partial charge in [0.15, 0.2) is 0 Å². The summed E-state index contributed by atoms with van der Waals surface area (Å²) in [5.41, 5.74) is 0.910. The van der Waals surface area contributed by atoms with Crippen molar-refractivity contribution in [3.05, 3.63) is 35.9 Å². The number of ether oxygens (including phenoxy) is 1. The van der Waals surface area contributed by atoms with Crippen molar-refractivity contribution in [2.24, 2.45) is 5.92 Å². The number of hydrogen-bond acceptors (Lipinski definition) is 4. The fourth-order valence-corrected chi connectivity index (χ4v) is 2.41. The molecule has 1 rings (SSSR count). The molecule has 0 aromatic heterocycles. The average Bonchev–Trinajstić information content (AvgIpc) is 2.52. The van der Waals surface area contributed by atoms with Crippen molar-refractivity contribution < 1.29 is 19.1 Å². The van der Waals surface area contributed by atoms with Crippen LogP contribution in [-0.2, 0) is 25.5 Å². The van der Waals surface area contributed by atoms with Crippen LogP contribution in [0.1, 0.15) is 32.8 Å². The zero-order valence-electron chi connectivity index (χ0n) is 14.7. The van der Waals surface area contributed by atoms with Gasteiger partial charge in [-0.3, -0.25) is 9.59 Å². The van der Waals surface area contributed by atoms with Crippen molar-refractivity contribution in [3.8, 4) is 0 Å². The predicted octanol–water partition coefficient (Wildman–Crippen LogP) is 1.44. The zero-order chi connectivity index (χ0) is 18.1. The van der Waals surface area contributed by atoms with Crippen LogP contribution < -0.4 is 10.6 Å². The summed E-state index contributed by atoms with van der Waals surface area (Å²) >= 11 is 0. The fourth-order valence-electron chi connectivity index (χ4n) is 2.41. The minimum Gasteiger partial charge on any atom is -0.467 e. The molecule has 0 aliphatic carbocycles. The van der Waals surface area contributed by atoms with Gasteiger partial charge in [-0.2, -0.15) is 0 Å². The van der Waals surface area contributed by atoms with Crippen LogP contribution in [0.5, 0.6) is 0 Å².